The zero-order valence-electron chi connectivity index (χ0n) is 17.0. The van der Waals surface area contributed by atoms with Gasteiger partial charge < -0.3 is 9.73 Å². The van der Waals surface area contributed by atoms with Gasteiger partial charge in [0.05, 0.1) is 16.6 Å². The Labute approximate surface area is 176 Å². The Morgan fingerprint density at radius 3 is 2.53 bits per heavy atom. The molecule has 0 aliphatic carbocycles. The normalized spacial score (nSPS) is 17.1. The van der Waals surface area contributed by atoms with Crippen molar-refractivity contribution in [3.05, 3.63) is 66.4 Å². The molecule has 1 aliphatic heterocycles. The molecule has 158 valence electrons. The minimum Gasteiger partial charge on any atom is -0.464 e. The first-order valence-corrected chi connectivity index (χ1v) is 11.7. The Balaban J connectivity index is 1.56. The van der Waals surface area contributed by atoms with Gasteiger partial charge in [0.25, 0.3) is 0 Å². The monoisotopic (exact) mass is 426 g/mol. The summed E-state index contributed by atoms with van der Waals surface area (Å²) in [5, 5.41) is 3.72. The highest BCUT2D eigenvalue weighted by atomic mass is 32.2. The van der Waals surface area contributed by atoms with Crippen LogP contribution in [0.15, 0.2) is 70.2 Å². The fourth-order valence-corrected chi connectivity index (χ4v) is 5.70. The third-order valence-corrected chi connectivity index (χ3v) is 7.84. The molecule has 1 saturated heterocycles. The fraction of sp³-hybridized carbons (Fsp3) is 0.348. The predicted octanol–water partition coefficient (Wildman–Crippen LogP) is 3.58. The Kier molecular flexibility index (Phi) is 5.66. The maximum atomic E-state index is 13.2. The van der Waals surface area contributed by atoms with Crippen molar-refractivity contribution in [3.63, 3.8) is 0 Å². The Morgan fingerprint density at radius 1 is 1.10 bits per heavy atom. The zero-order valence-corrected chi connectivity index (χ0v) is 17.8. The summed E-state index contributed by atoms with van der Waals surface area (Å²) in [4.78, 5) is 13.2. The maximum Gasteiger partial charge on any atom is 0.243 e. The molecule has 0 spiro atoms. The highest BCUT2D eigenvalue weighted by Crippen LogP contribution is 2.37. The van der Waals surface area contributed by atoms with Gasteiger partial charge in [-0.1, -0.05) is 30.3 Å². The van der Waals surface area contributed by atoms with E-state index in [0.29, 0.717) is 44.5 Å². The van der Waals surface area contributed by atoms with Gasteiger partial charge in [-0.15, -0.1) is 0 Å². The summed E-state index contributed by atoms with van der Waals surface area (Å²) in [7, 11) is -3.63. The summed E-state index contributed by atoms with van der Waals surface area (Å²) < 4.78 is 33.2. The molecule has 1 N–H and O–H groups in total. The molecule has 7 heteroatoms. The largest absolute Gasteiger partial charge is 0.464 e. The van der Waals surface area contributed by atoms with Crippen molar-refractivity contribution in [1.82, 2.24) is 9.62 Å². The lowest BCUT2D eigenvalue weighted by atomic mass is 9.73. The van der Waals surface area contributed by atoms with Gasteiger partial charge in [0, 0.05) is 25.0 Å². The molecule has 4 rings (SSSR count). The molecule has 0 saturated carbocycles. The van der Waals surface area contributed by atoms with Gasteiger partial charge in [-0.2, -0.15) is 4.31 Å². The van der Waals surface area contributed by atoms with Gasteiger partial charge in [0.15, 0.2) is 0 Å². The van der Waals surface area contributed by atoms with Crippen molar-refractivity contribution in [2.24, 2.45) is 5.41 Å². The van der Waals surface area contributed by atoms with E-state index in [1.54, 1.807) is 30.5 Å². The van der Waals surface area contributed by atoms with E-state index in [-0.39, 0.29) is 10.8 Å². The first-order valence-electron chi connectivity index (χ1n) is 10.2. The average Bonchev–Trinajstić information content (AvgIpc) is 3.23. The van der Waals surface area contributed by atoms with Crippen LogP contribution in [0, 0.1) is 5.41 Å². The average molecular weight is 427 g/mol. The summed E-state index contributed by atoms with van der Waals surface area (Å²) in [6.45, 7) is 3.09. The van der Waals surface area contributed by atoms with Crippen LogP contribution >= 0.6 is 0 Å². The molecular weight excluding hydrogens is 400 g/mol. The number of piperidine rings is 1. The van der Waals surface area contributed by atoms with E-state index in [9.17, 15) is 13.2 Å². The zero-order chi connectivity index (χ0) is 21.2. The molecule has 30 heavy (non-hydrogen) atoms. The van der Waals surface area contributed by atoms with E-state index < -0.39 is 15.4 Å². The molecular formula is C23H26N2O4S. The summed E-state index contributed by atoms with van der Waals surface area (Å²) in [5.41, 5.74) is 1.15. The molecule has 3 aromatic rings. The maximum absolute atomic E-state index is 13.2. The number of sulfonamides is 1. The van der Waals surface area contributed by atoms with E-state index in [4.69, 9.17) is 4.42 Å². The Bertz CT molecular complexity index is 1130. The second kappa shape index (κ2) is 8.24. The van der Waals surface area contributed by atoms with Gasteiger partial charge in [-0.05, 0) is 56.0 Å². The third-order valence-electron chi connectivity index (χ3n) is 5.95. The molecule has 1 aromatic heterocycles. The van der Waals surface area contributed by atoms with Crippen LogP contribution in [0.5, 0.6) is 0 Å². The van der Waals surface area contributed by atoms with Crippen LogP contribution in [0.1, 0.15) is 25.3 Å². The van der Waals surface area contributed by atoms with Crippen LogP contribution in [0.4, 0.5) is 0 Å². The highest BCUT2D eigenvalue weighted by molar-refractivity contribution is 7.89. The number of carbonyl (C=O) groups is 1. The molecule has 0 radical (unpaired) electrons. The number of amides is 1. The van der Waals surface area contributed by atoms with Gasteiger partial charge >= 0.3 is 0 Å². The van der Waals surface area contributed by atoms with Gasteiger partial charge in [-0.3, -0.25) is 4.79 Å². The number of hydrogen-bond acceptors (Lipinski definition) is 4. The number of furan rings is 1. The summed E-state index contributed by atoms with van der Waals surface area (Å²) >= 11 is 0. The molecule has 1 aliphatic rings. The lowest BCUT2D eigenvalue weighted by molar-refractivity contribution is -0.133. The van der Waals surface area contributed by atoms with Crippen molar-refractivity contribution in [2.45, 2.75) is 31.1 Å². The van der Waals surface area contributed by atoms with Crippen molar-refractivity contribution < 1.29 is 17.6 Å². The predicted molar refractivity (Wildman–Crippen MR) is 115 cm³/mol. The van der Waals surface area contributed by atoms with E-state index in [1.807, 2.05) is 37.3 Å². The Hall–Kier alpha value is -2.64. The Morgan fingerprint density at radius 2 is 1.83 bits per heavy atom. The number of hydrogen-bond donors (Lipinski definition) is 1. The van der Waals surface area contributed by atoms with E-state index in [1.165, 1.54) is 4.31 Å². The van der Waals surface area contributed by atoms with Crippen LogP contribution in [0.25, 0.3) is 11.0 Å². The number of fused-ring (bicyclic) bond motifs is 1. The van der Waals surface area contributed by atoms with Gasteiger partial charge in [-0.25, -0.2) is 8.42 Å². The highest BCUT2D eigenvalue weighted by Gasteiger charge is 2.43. The smallest absolute Gasteiger partial charge is 0.243 e. The number of nitrogens with zero attached hydrogens (tertiary/aromatic N) is 1. The number of rotatable bonds is 6. The number of nitrogens with one attached hydrogen (secondary N) is 1. The lowest BCUT2D eigenvalue weighted by Crippen LogP contribution is -2.51. The second-order valence-electron chi connectivity index (χ2n) is 7.83. The lowest BCUT2D eigenvalue weighted by Gasteiger charge is -2.40. The SMILES string of the molecule is CCNC(=O)C1(Cc2ccccc2)CCN(S(=O)(=O)c2ccc3occc3c2)CC1. The van der Waals surface area contributed by atoms with Crippen molar-refractivity contribution in [3.8, 4) is 0 Å². The van der Waals surface area contributed by atoms with Gasteiger partial charge in [0.2, 0.25) is 15.9 Å². The van der Waals surface area contributed by atoms with E-state index in [2.05, 4.69) is 5.32 Å². The molecule has 2 heterocycles. The van der Waals surface area contributed by atoms with Crippen LogP contribution < -0.4 is 5.32 Å². The van der Waals surface area contributed by atoms with Crippen LogP contribution in [0.3, 0.4) is 0 Å². The quantitative estimate of drug-likeness (QED) is 0.653. The van der Waals surface area contributed by atoms with Crippen LogP contribution in [-0.2, 0) is 21.2 Å². The standard InChI is InChI=1S/C23H26N2O4S/c1-2-24-22(26)23(17-18-6-4-3-5-7-18)11-13-25(14-12-23)30(27,28)20-8-9-21-19(16-20)10-15-29-21/h3-10,15-16H,2,11-14,17H2,1H3,(H,24,26). The van der Waals surface area contributed by atoms with E-state index in [0.717, 1.165) is 10.9 Å². The number of carbonyl (C=O) groups excluding carboxylic acids is 1. The molecule has 1 amide bonds. The summed E-state index contributed by atoms with van der Waals surface area (Å²) in [6, 6.07) is 16.6. The molecule has 0 bridgehead atoms. The van der Waals surface area contributed by atoms with Gasteiger partial charge in [0.1, 0.15) is 5.58 Å². The molecule has 2 aromatic carbocycles. The van der Waals surface area contributed by atoms with Crippen molar-refractivity contribution in [1.29, 1.82) is 0 Å². The molecule has 6 nitrogen and oxygen atoms in total. The molecule has 0 atom stereocenters. The molecule has 0 unspecified atom stereocenters. The van der Waals surface area contributed by atoms with Crippen LogP contribution in [0.2, 0.25) is 0 Å². The first-order chi connectivity index (χ1) is 14.4. The molecule has 1 fully saturated rings. The third kappa shape index (κ3) is 3.87. The van der Waals surface area contributed by atoms with E-state index >= 15 is 0 Å². The fourth-order valence-electron chi connectivity index (χ4n) is 4.23. The topological polar surface area (TPSA) is 79.6 Å². The minimum atomic E-state index is -3.63. The second-order valence-corrected chi connectivity index (χ2v) is 9.76. The number of benzene rings is 2. The van der Waals surface area contributed by atoms with Crippen molar-refractivity contribution >= 4 is 26.9 Å². The first kappa shape index (κ1) is 20.6. The summed E-state index contributed by atoms with van der Waals surface area (Å²) in [5.74, 6) is 0.00529. The van der Waals surface area contributed by atoms with Crippen molar-refractivity contribution in [2.75, 3.05) is 19.6 Å². The van der Waals surface area contributed by atoms with Crippen LogP contribution in [-0.4, -0.2) is 38.3 Å². The minimum absolute atomic E-state index is 0.00529. The summed E-state index contributed by atoms with van der Waals surface area (Å²) in [6.07, 6.45) is 3.13.